The molecular formula is C10H17N3O3S. The first-order chi connectivity index (χ1) is 8.06. The molecule has 0 fully saturated rings. The molecule has 1 rings (SSSR count). The molecule has 1 heterocycles. The highest BCUT2D eigenvalue weighted by molar-refractivity contribution is 7.89. The number of rotatable bonds is 7. The molecule has 0 aliphatic carbocycles. The van der Waals surface area contributed by atoms with Crippen LogP contribution in [0.25, 0.3) is 0 Å². The number of ether oxygens (including phenoxy) is 1. The van der Waals surface area contributed by atoms with Crippen molar-refractivity contribution in [1.29, 1.82) is 0 Å². The predicted octanol–water partition coefficient (Wildman–Crippen LogP) is 0.369. The highest BCUT2D eigenvalue weighted by atomic mass is 32.2. The van der Waals surface area contributed by atoms with Crippen LogP contribution in [0.3, 0.4) is 0 Å². The Labute approximate surface area is 101 Å². The molecule has 0 saturated heterocycles. The maximum atomic E-state index is 11.8. The van der Waals surface area contributed by atoms with Gasteiger partial charge in [-0.1, -0.05) is 0 Å². The Balaban J connectivity index is 2.48. The number of anilines is 1. The van der Waals surface area contributed by atoms with Crippen LogP contribution in [0.15, 0.2) is 23.2 Å². The molecule has 0 aliphatic heterocycles. The van der Waals surface area contributed by atoms with Crippen molar-refractivity contribution >= 4 is 15.8 Å². The number of methoxy groups -OCH3 is 1. The standard InChI is InChI=1S/C10H17N3O3S/c1-16-7-3-2-6-13-17(14,15)9-4-5-10(11)12-8-9/h4-5,8,13H,2-3,6-7H2,1H3,(H2,11,12). The summed E-state index contributed by atoms with van der Waals surface area (Å²) in [6, 6.07) is 2.89. The zero-order chi connectivity index (χ0) is 12.7. The first-order valence-corrected chi connectivity index (χ1v) is 6.75. The van der Waals surface area contributed by atoms with Crippen LogP contribution >= 0.6 is 0 Å². The van der Waals surface area contributed by atoms with Crippen LogP contribution in [0.1, 0.15) is 12.8 Å². The van der Waals surface area contributed by atoms with E-state index in [2.05, 4.69) is 9.71 Å². The van der Waals surface area contributed by atoms with E-state index < -0.39 is 10.0 Å². The highest BCUT2D eigenvalue weighted by Crippen LogP contribution is 2.08. The quantitative estimate of drug-likeness (QED) is 0.690. The summed E-state index contributed by atoms with van der Waals surface area (Å²) < 4.78 is 30.9. The van der Waals surface area contributed by atoms with Crippen molar-refractivity contribution in [3.8, 4) is 0 Å². The Kier molecular flexibility index (Phi) is 5.33. The van der Waals surface area contributed by atoms with Crippen molar-refractivity contribution in [2.24, 2.45) is 0 Å². The molecule has 0 saturated carbocycles. The van der Waals surface area contributed by atoms with Crippen molar-refractivity contribution in [2.45, 2.75) is 17.7 Å². The molecule has 0 amide bonds. The molecule has 0 bridgehead atoms. The minimum Gasteiger partial charge on any atom is -0.385 e. The molecule has 3 N–H and O–H groups in total. The van der Waals surface area contributed by atoms with Gasteiger partial charge < -0.3 is 10.5 Å². The molecule has 0 atom stereocenters. The monoisotopic (exact) mass is 259 g/mol. The van der Waals surface area contributed by atoms with Crippen LogP contribution in [0.4, 0.5) is 5.82 Å². The van der Waals surface area contributed by atoms with E-state index >= 15 is 0 Å². The van der Waals surface area contributed by atoms with Gasteiger partial charge in [-0.2, -0.15) is 0 Å². The van der Waals surface area contributed by atoms with Gasteiger partial charge in [0.25, 0.3) is 0 Å². The van der Waals surface area contributed by atoms with E-state index in [1.165, 1.54) is 18.3 Å². The van der Waals surface area contributed by atoms with E-state index in [-0.39, 0.29) is 4.90 Å². The van der Waals surface area contributed by atoms with E-state index in [1.54, 1.807) is 7.11 Å². The van der Waals surface area contributed by atoms with Crippen molar-refractivity contribution in [3.05, 3.63) is 18.3 Å². The number of unbranched alkanes of at least 4 members (excludes halogenated alkanes) is 1. The number of pyridine rings is 1. The second kappa shape index (κ2) is 6.53. The number of nitrogen functional groups attached to an aromatic ring is 1. The predicted molar refractivity (Wildman–Crippen MR) is 64.9 cm³/mol. The van der Waals surface area contributed by atoms with Gasteiger partial charge >= 0.3 is 0 Å². The second-order valence-corrected chi connectivity index (χ2v) is 5.28. The molecule has 6 nitrogen and oxygen atoms in total. The Morgan fingerprint density at radius 1 is 1.41 bits per heavy atom. The van der Waals surface area contributed by atoms with E-state index in [1.807, 2.05) is 0 Å². The van der Waals surface area contributed by atoms with Crippen LogP contribution < -0.4 is 10.5 Å². The van der Waals surface area contributed by atoms with Crippen LogP contribution in [0.5, 0.6) is 0 Å². The zero-order valence-corrected chi connectivity index (χ0v) is 10.5. The van der Waals surface area contributed by atoms with Gasteiger partial charge in [0.1, 0.15) is 10.7 Å². The lowest BCUT2D eigenvalue weighted by atomic mass is 10.3. The second-order valence-electron chi connectivity index (χ2n) is 3.52. The minimum atomic E-state index is -3.47. The molecule has 0 spiro atoms. The molecule has 0 aliphatic rings. The topological polar surface area (TPSA) is 94.3 Å². The summed E-state index contributed by atoms with van der Waals surface area (Å²) in [5.74, 6) is 0.295. The Morgan fingerprint density at radius 2 is 2.18 bits per heavy atom. The molecule has 7 heteroatoms. The molecular weight excluding hydrogens is 242 g/mol. The maximum absolute atomic E-state index is 11.8. The van der Waals surface area contributed by atoms with Gasteiger partial charge in [0.15, 0.2) is 0 Å². The summed E-state index contributed by atoms with van der Waals surface area (Å²) >= 11 is 0. The van der Waals surface area contributed by atoms with Crippen LogP contribution in [-0.4, -0.2) is 33.7 Å². The minimum absolute atomic E-state index is 0.124. The fourth-order valence-corrected chi connectivity index (χ4v) is 2.23. The number of hydrogen-bond acceptors (Lipinski definition) is 5. The van der Waals surface area contributed by atoms with E-state index in [4.69, 9.17) is 10.5 Å². The molecule has 1 aromatic heterocycles. The van der Waals surface area contributed by atoms with Crippen molar-refractivity contribution in [2.75, 3.05) is 26.0 Å². The number of nitrogens with two attached hydrogens (primary N) is 1. The number of hydrogen-bond donors (Lipinski definition) is 2. The average Bonchev–Trinajstić information content (AvgIpc) is 2.29. The van der Waals surface area contributed by atoms with E-state index in [0.717, 1.165) is 12.8 Å². The summed E-state index contributed by atoms with van der Waals surface area (Å²) in [6.45, 7) is 1.02. The fraction of sp³-hybridized carbons (Fsp3) is 0.500. The SMILES string of the molecule is COCCCCNS(=O)(=O)c1ccc(N)nc1. The van der Waals surface area contributed by atoms with E-state index in [0.29, 0.717) is 19.0 Å². The van der Waals surface area contributed by atoms with Gasteiger partial charge in [-0.15, -0.1) is 0 Å². The molecule has 96 valence electrons. The van der Waals surface area contributed by atoms with Gasteiger partial charge in [-0.05, 0) is 25.0 Å². The molecule has 0 radical (unpaired) electrons. The average molecular weight is 259 g/mol. The third kappa shape index (κ3) is 4.68. The Bertz CT molecular complexity index is 431. The normalized spacial score (nSPS) is 11.6. The summed E-state index contributed by atoms with van der Waals surface area (Å²) in [5, 5.41) is 0. The first-order valence-electron chi connectivity index (χ1n) is 5.26. The number of nitrogens with zero attached hydrogens (tertiary/aromatic N) is 1. The molecule has 1 aromatic rings. The molecule has 0 aromatic carbocycles. The van der Waals surface area contributed by atoms with Crippen molar-refractivity contribution in [3.63, 3.8) is 0 Å². The van der Waals surface area contributed by atoms with Crippen LogP contribution in [0.2, 0.25) is 0 Å². The van der Waals surface area contributed by atoms with Crippen LogP contribution in [-0.2, 0) is 14.8 Å². The number of nitrogens with one attached hydrogen (secondary N) is 1. The van der Waals surface area contributed by atoms with Gasteiger partial charge in [-0.25, -0.2) is 18.1 Å². The lowest BCUT2D eigenvalue weighted by molar-refractivity contribution is 0.193. The lowest BCUT2D eigenvalue weighted by Gasteiger charge is -2.06. The van der Waals surface area contributed by atoms with Gasteiger partial charge in [0.2, 0.25) is 10.0 Å². The third-order valence-electron chi connectivity index (χ3n) is 2.14. The number of sulfonamides is 1. The third-order valence-corrected chi connectivity index (χ3v) is 3.58. The largest absolute Gasteiger partial charge is 0.385 e. The highest BCUT2D eigenvalue weighted by Gasteiger charge is 2.12. The lowest BCUT2D eigenvalue weighted by Crippen LogP contribution is -2.25. The fourth-order valence-electron chi connectivity index (χ4n) is 1.21. The van der Waals surface area contributed by atoms with Crippen molar-refractivity contribution in [1.82, 2.24) is 9.71 Å². The summed E-state index contributed by atoms with van der Waals surface area (Å²) in [7, 11) is -1.86. The van der Waals surface area contributed by atoms with E-state index in [9.17, 15) is 8.42 Å². The Hall–Kier alpha value is -1.18. The summed E-state index contributed by atoms with van der Waals surface area (Å²) in [6.07, 6.45) is 2.79. The van der Waals surface area contributed by atoms with Gasteiger partial charge in [0, 0.05) is 26.5 Å². The first kappa shape index (κ1) is 13.9. The van der Waals surface area contributed by atoms with Gasteiger partial charge in [0.05, 0.1) is 0 Å². The summed E-state index contributed by atoms with van der Waals surface area (Å²) in [5.41, 5.74) is 5.38. The maximum Gasteiger partial charge on any atom is 0.242 e. The number of aromatic nitrogens is 1. The zero-order valence-electron chi connectivity index (χ0n) is 9.72. The van der Waals surface area contributed by atoms with Crippen molar-refractivity contribution < 1.29 is 13.2 Å². The summed E-state index contributed by atoms with van der Waals surface area (Å²) in [4.78, 5) is 3.87. The molecule has 0 unspecified atom stereocenters. The Morgan fingerprint density at radius 3 is 2.76 bits per heavy atom. The smallest absolute Gasteiger partial charge is 0.242 e. The molecule has 17 heavy (non-hydrogen) atoms. The van der Waals surface area contributed by atoms with Crippen LogP contribution in [0, 0.1) is 0 Å². The van der Waals surface area contributed by atoms with Gasteiger partial charge in [-0.3, -0.25) is 0 Å².